The number of carbonyl (C=O) groups excluding carboxylic acids is 1. The molecule has 2 amide bonds. The van der Waals surface area contributed by atoms with Crippen LogP contribution in [0.15, 0.2) is 0 Å². The molecular weight excluding hydrogens is 208 g/mol. The summed E-state index contributed by atoms with van der Waals surface area (Å²) in [6, 6.07) is -0.0172. The average molecular weight is 228 g/mol. The summed E-state index contributed by atoms with van der Waals surface area (Å²) in [5.41, 5.74) is 5.37. The van der Waals surface area contributed by atoms with Crippen LogP contribution in [0.4, 0.5) is 4.79 Å². The number of hydrogen-bond donors (Lipinski definition) is 2. The van der Waals surface area contributed by atoms with E-state index in [4.69, 9.17) is 15.9 Å². The molecule has 1 unspecified atom stereocenters. The zero-order valence-electron chi connectivity index (χ0n) is 9.90. The molecule has 1 rings (SSSR count). The molecule has 1 fully saturated rings. The molecule has 1 saturated heterocycles. The molecule has 1 aliphatic heterocycles. The van der Waals surface area contributed by atoms with E-state index in [-0.39, 0.29) is 17.8 Å². The lowest BCUT2D eigenvalue weighted by Crippen LogP contribution is -2.48. The predicted molar refractivity (Wildman–Crippen MR) is 61.5 cm³/mol. The van der Waals surface area contributed by atoms with Crippen molar-refractivity contribution in [2.24, 2.45) is 11.7 Å². The van der Waals surface area contributed by atoms with E-state index in [0.717, 1.165) is 0 Å². The summed E-state index contributed by atoms with van der Waals surface area (Å²) in [6.07, 6.45) is 0. The zero-order chi connectivity index (χ0) is 12.1. The maximum atomic E-state index is 11.9. The van der Waals surface area contributed by atoms with Gasteiger partial charge in [0.25, 0.3) is 0 Å². The molecule has 1 aliphatic rings. The molecule has 6 nitrogen and oxygen atoms in total. The highest BCUT2D eigenvalue weighted by atomic mass is 16.5. The quantitative estimate of drug-likeness (QED) is 0.524. The first-order chi connectivity index (χ1) is 7.52. The number of amidine groups is 1. The zero-order valence-corrected chi connectivity index (χ0v) is 9.90. The summed E-state index contributed by atoms with van der Waals surface area (Å²) in [5, 5.41) is 7.29. The van der Waals surface area contributed by atoms with Gasteiger partial charge in [-0.1, -0.05) is 6.92 Å². The van der Waals surface area contributed by atoms with Gasteiger partial charge in [0.05, 0.1) is 19.0 Å². The van der Waals surface area contributed by atoms with Gasteiger partial charge in [-0.3, -0.25) is 5.41 Å². The first-order valence-corrected chi connectivity index (χ1v) is 5.44. The number of morpholine rings is 1. The van der Waals surface area contributed by atoms with Gasteiger partial charge in [0, 0.05) is 32.6 Å². The van der Waals surface area contributed by atoms with E-state index in [1.54, 1.807) is 16.8 Å². The van der Waals surface area contributed by atoms with Crippen molar-refractivity contribution in [1.29, 1.82) is 5.41 Å². The van der Waals surface area contributed by atoms with Gasteiger partial charge in [-0.25, -0.2) is 4.79 Å². The van der Waals surface area contributed by atoms with Gasteiger partial charge in [0.15, 0.2) is 0 Å². The topological polar surface area (TPSA) is 82.7 Å². The number of hydrogen-bond acceptors (Lipinski definition) is 3. The fraction of sp³-hybridized carbons (Fsp3) is 0.800. The summed E-state index contributed by atoms with van der Waals surface area (Å²) in [4.78, 5) is 15.3. The highest BCUT2D eigenvalue weighted by Gasteiger charge is 2.21. The Bertz CT molecular complexity index is 264. The average Bonchev–Trinajstić information content (AvgIpc) is 2.28. The maximum Gasteiger partial charge on any atom is 0.319 e. The van der Waals surface area contributed by atoms with Crippen LogP contribution in [0, 0.1) is 11.3 Å². The van der Waals surface area contributed by atoms with E-state index in [9.17, 15) is 4.79 Å². The third-order valence-corrected chi connectivity index (χ3v) is 2.69. The van der Waals surface area contributed by atoms with Crippen molar-refractivity contribution < 1.29 is 9.53 Å². The van der Waals surface area contributed by atoms with Gasteiger partial charge >= 0.3 is 6.03 Å². The number of rotatable bonds is 3. The van der Waals surface area contributed by atoms with Crippen LogP contribution < -0.4 is 5.73 Å². The molecule has 0 aliphatic carbocycles. The van der Waals surface area contributed by atoms with Crippen molar-refractivity contribution in [1.82, 2.24) is 9.80 Å². The van der Waals surface area contributed by atoms with Gasteiger partial charge in [0.2, 0.25) is 0 Å². The smallest absolute Gasteiger partial charge is 0.319 e. The van der Waals surface area contributed by atoms with E-state index in [2.05, 4.69) is 0 Å². The number of amides is 2. The summed E-state index contributed by atoms with van der Waals surface area (Å²) in [7, 11) is 1.73. The summed E-state index contributed by atoms with van der Waals surface area (Å²) in [5.74, 6) is 0.0108. The Morgan fingerprint density at radius 3 is 2.62 bits per heavy atom. The Morgan fingerprint density at radius 2 is 2.12 bits per heavy atom. The molecule has 0 aromatic rings. The minimum atomic E-state index is -0.102. The number of nitrogens with zero attached hydrogens (tertiary/aromatic N) is 2. The molecule has 3 N–H and O–H groups in total. The van der Waals surface area contributed by atoms with Crippen LogP contribution in [0.25, 0.3) is 0 Å². The lowest BCUT2D eigenvalue weighted by molar-refractivity contribution is 0.0449. The lowest BCUT2D eigenvalue weighted by atomic mass is 10.1. The van der Waals surface area contributed by atoms with Gasteiger partial charge in [-0.05, 0) is 0 Å². The maximum absolute atomic E-state index is 11.9. The molecule has 92 valence electrons. The van der Waals surface area contributed by atoms with Crippen LogP contribution in [-0.2, 0) is 4.74 Å². The first-order valence-electron chi connectivity index (χ1n) is 5.44. The van der Waals surface area contributed by atoms with Crippen LogP contribution in [0.2, 0.25) is 0 Å². The number of urea groups is 1. The summed E-state index contributed by atoms with van der Waals surface area (Å²) < 4.78 is 5.18. The second-order valence-electron chi connectivity index (χ2n) is 4.12. The number of nitrogens with one attached hydrogen (secondary N) is 1. The van der Waals surface area contributed by atoms with Crippen molar-refractivity contribution in [3.05, 3.63) is 0 Å². The van der Waals surface area contributed by atoms with Crippen molar-refractivity contribution in [2.75, 3.05) is 39.9 Å². The minimum Gasteiger partial charge on any atom is -0.387 e. The second-order valence-corrected chi connectivity index (χ2v) is 4.12. The molecule has 0 saturated carbocycles. The molecule has 0 bridgehead atoms. The standard InChI is InChI=1S/C10H20N4O2/c1-8(9(11)12)7-13(2)10(15)14-3-5-16-6-4-14/h8H,3-7H2,1-2H3,(H3,11,12). The van der Waals surface area contributed by atoms with Gasteiger partial charge in [-0.2, -0.15) is 0 Å². The van der Waals surface area contributed by atoms with E-state index in [0.29, 0.717) is 32.8 Å². The monoisotopic (exact) mass is 228 g/mol. The van der Waals surface area contributed by atoms with Gasteiger partial charge < -0.3 is 20.3 Å². The first kappa shape index (κ1) is 12.8. The summed E-state index contributed by atoms with van der Waals surface area (Å²) >= 11 is 0. The van der Waals surface area contributed by atoms with E-state index in [1.165, 1.54) is 0 Å². The molecule has 16 heavy (non-hydrogen) atoms. The number of nitrogens with two attached hydrogens (primary N) is 1. The summed E-state index contributed by atoms with van der Waals surface area (Å²) in [6.45, 7) is 4.79. The molecule has 1 heterocycles. The van der Waals surface area contributed by atoms with Gasteiger partial charge in [-0.15, -0.1) is 0 Å². The highest BCUT2D eigenvalue weighted by Crippen LogP contribution is 2.04. The van der Waals surface area contributed by atoms with Gasteiger partial charge in [0.1, 0.15) is 0 Å². The Morgan fingerprint density at radius 1 is 1.56 bits per heavy atom. The van der Waals surface area contributed by atoms with E-state index in [1.807, 2.05) is 6.92 Å². The van der Waals surface area contributed by atoms with Crippen molar-refractivity contribution in [2.45, 2.75) is 6.92 Å². The van der Waals surface area contributed by atoms with Crippen molar-refractivity contribution >= 4 is 11.9 Å². The van der Waals surface area contributed by atoms with Crippen molar-refractivity contribution in [3.8, 4) is 0 Å². The van der Waals surface area contributed by atoms with Crippen molar-refractivity contribution in [3.63, 3.8) is 0 Å². The molecular formula is C10H20N4O2. The fourth-order valence-electron chi connectivity index (χ4n) is 1.58. The van der Waals surface area contributed by atoms with Crippen LogP contribution in [0.5, 0.6) is 0 Å². The van der Waals surface area contributed by atoms with Crippen LogP contribution in [-0.4, -0.2) is 61.6 Å². The van der Waals surface area contributed by atoms with Crippen LogP contribution >= 0.6 is 0 Å². The van der Waals surface area contributed by atoms with Crippen LogP contribution in [0.3, 0.4) is 0 Å². The number of ether oxygens (including phenoxy) is 1. The highest BCUT2D eigenvalue weighted by molar-refractivity contribution is 5.80. The van der Waals surface area contributed by atoms with Crippen LogP contribution in [0.1, 0.15) is 6.92 Å². The third kappa shape index (κ3) is 3.37. The Kier molecular flexibility index (Phi) is 4.54. The largest absolute Gasteiger partial charge is 0.387 e. The molecule has 0 aromatic heterocycles. The predicted octanol–water partition coefficient (Wildman–Crippen LogP) is -0.0575. The third-order valence-electron chi connectivity index (χ3n) is 2.69. The fourth-order valence-corrected chi connectivity index (χ4v) is 1.58. The Hall–Kier alpha value is -1.30. The molecule has 0 spiro atoms. The molecule has 1 atom stereocenters. The van der Waals surface area contributed by atoms with E-state index < -0.39 is 0 Å². The van der Waals surface area contributed by atoms with E-state index >= 15 is 0 Å². The SMILES string of the molecule is CC(CN(C)C(=O)N1CCOCC1)C(=N)N. The lowest BCUT2D eigenvalue weighted by Gasteiger charge is -2.31. The second kappa shape index (κ2) is 5.69. The molecule has 6 heteroatoms. The Balaban J connectivity index is 2.43. The number of carbonyl (C=O) groups is 1. The molecule has 0 radical (unpaired) electrons. The molecule has 0 aromatic carbocycles. The Labute approximate surface area is 95.8 Å². The minimum absolute atomic E-state index is 0.0172. The normalized spacial score (nSPS) is 18.0.